The molecule has 0 saturated carbocycles. The normalized spacial score (nSPS) is 18.1. The maximum absolute atomic E-state index is 6.12. The van der Waals surface area contributed by atoms with Crippen molar-refractivity contribution >= 4 is 5.69 Å². The van der Waals surface area contributed by atoms with Crippen molar-refractivity contribution in [3.63, 3.8) is 0 Å². The van der Waals surface area contributed by atoms with Crippen LogP contribution in [-0.4, -0.2) is 13.1 Å². The predicted molar refractivity (Wildman–Crippen MR) is 74.3 cm³/mol. The summed E-state index contributed by atoms with van der Waals surface area (Å²) < 4.78 is 0. The second-order valence-corrected chi connectivity index (χ2v) is 5.03. The third-order valence-electron chi connectivity index (χ3n) is 3.64. The van der Waals surface area contributed by atoms with Crippen LogP contribution in [-0.2, 0) is 0 Å². The maximum atomic E-state index is 6.12. The van der Waals surface area contributed by atoms with Gasteiger partial charge in [-0.25, -0.2) is 0 Å². The molecule has 0 unspecified atom stereocenters. The van der Waals surface area contributed by atoms with Crippen LogP contribution < -0.4 is 10.6 Å². The molecule has 0 aliphatic carbocycles. The lowest BCUT2D eigenvalue weighted by atomic mass is 10.0. The van der Waals surface area contributed by atoms with Crippen LogP contribution in [0.2, 0.25) is 0 Å². The Kier molecular flexibility index (Phi) is 4.43. The summed E-state index contributed by atoms with van der Waals surface area (Å²) in [5.74, 6) is 0. The van der Waals surface area contributed by atoms with Gasteiger partial charge in [-0.05, 0) is 43.4 Å². The summed E-state index contributed by atoms with van der Waals surface area (Å²) in [6.07, 6.45) is 6.27. The fraction of sp³-hybridized carbons (Fsp3) is 0.600. The number of nitrogens with zero attached hydrogens (tertiary/aromatic N) is 1. The Morgan fingerprint density at radius 3 is 2.35 bits per heavy atom. The Balaban J connectivity index is 2.01. The largest absolute Gasteiger partial charge is 0.372 e. The molecule has 0 bridgehead atoms. The van der Waals surface area contributed by atoms with Gasteiger partial charge in [-0.3, -0.25) is 0 Å². The van der Waals surface area contributed by atoms with Crippen molar-refractivity contribution in [3.8, 4) is 0 Å². The molecule has 94 valence electrons. The Hall–Kier alpha value is -1.02. The van der Waals surface area contributed by atoms with E-state index in [-0.39, 0.29) is 6.04 Å². The molecule has 0 spiro atoms. The molecule has 0 amide bonds. The average Bonchev–Trinajstić information content (AvgIpc) is 2.40. The van der Waals surface area contributed by atoms with Gasteiger partial charge < -0.3 is 10.6 Å². The highest BCUT2D eigenvalue weighted by molar-refractivity contribution is 5.48. The molecule has 2 nitrogen and oxygen atoms in total. The molecule has 1 heterocycles. The van der Waals surface area contributed by atoms with E-state index in [2.05, 4.69) is 36.1 Å². The first kappa shape index (κ1) is 12.4. The molecular weight excluding hydrogens is 208 g/mol. The van der Waals surface area contributed by atoms with Gasteiger partial charge >= 0.3 is 0 Å². The van der Waals surface area contributed by atoms with E-state index in [0.29, 0.717) is 0 Å². The third-order valence-corrected chi connectivity index (χ3v) is 3.64. The second kappa shape index (κ2) is 6.06. The van der Waals surface area contributed by atoms with Crippen molar-refractivity contribution in [1.29, 1.82) is 0 Å². The first-order valence-corrected chi connectivity index (χ1v) is 6.91. The van der Waals surface area contributed by atoms with E-state index in [1.165, 1.54) is 43.6 Å². The van der Waals surface area contributed by atoms with Gasteiger partial charge in [-0.2, -0.15) is 0 Å². The minimum atomic E-state index is 0.204. The average molecular weight is 232 g/mol. The number of hydrogen-bond donors (Lipinski definition) is 1. The lowest BCUT2D eigenvalue weighted by Gasteiger charge is -2.29. The highest BCUT2D eigenvalue weighted by Gasteiger charge is 2.11. The zero-order valence-electron chi connectivity index (χ0n) is 10.9. The van der Waals surface area contributed by atoms with E-state index in [4.69, 9.17) is 5.73 Å². The van der Waals surface area contributed by atoms with Crippen molar-refractivity contribution in [2.75, 3.05) is 18.0 Å². The monoisotopic (exact) mass is 232 g/mol. The van der Waals surface area contributed by atoms with Crippen molar-refractivity contribution in [2.24, 2.45) is 5.73 Å². The molecule has 1 aliphatic rings. The minimum Gasteiger partial charge on any atom is -0.372 e. The summed E-state index contributed by atoms with van der Waals surface area (Å²) >= 11 is 0. The van der Waals surface area contributed by atoms with Gasteiger partial charge in [0.05, 0.1) is 0 Å². The SMILES string of the molecule is CCC[C@H](N)c1ccc(N2CCCCC2)cc1. The van der Waals surface area contributed by atoms with Gasteiger partial charge in [0.15, 0.2) is 0 Å². The van der Waals surface area contributed by atoms with Gasteiger partial charge in [0, 0.05) is 24.8 Å². The van der Waals surface area contributed by atoms with Crippen molar-refractivity contribution < 1.29 is 0 Å². The summed E-state index contributed by atoms with van der Waals surface area (Å²) in [6, 6.07) is 9.07. The Morgan fingerprint density at radius 2 is 1.76 bits per heavy atom. The quantitative estimate of drug-likeness (QED) is 0.861. The van der Waals surface area contributed by atoms with Gasteiger partial charge in [0.2, 0.25) is 0 Å². The molecule has 1 aromatic carbocycles. The van der Waals surface area contributed by atoms with Crippen LogP contribution in [0.15, 0.2) is 24.3 Å². The summed E-state index contributed by atoms with van der Waals surface area (Å²) in [5, 5.41) is 0. The highest BCUT2D eigenvalue weighted by atomic mass is 15.1. The van der Waals surface area contributed by atoms with E-state index >= 15 is 0 Å². The molecule has 1 saturated heterocycles. The molecule has 2 heteroatoms. The van der Waals surface area contributed by atoms with Crippen LogP contribution in [0.5, 0.6) is 0 Å². The van der Waals surface area contributed by atoms with E-state index in [1.807, 2.05) is 0 Å². The Morgan fingerprint density at radius 1 is 1.12 bits per heavy atom. The lowest BCUT2D eigenvalue weighted by Crippen LogP contribution is -2.29. The molecule has 1 aliphatic heterocycles. The maximum Gasteiger partial charge on any atom is 0.0366 e. The third kappa shape index (κ3) is 3.22. The van der Waals surface area contributed by atoms with Crippen molar-refractivity contribution in [3.05, 3.63) is 29.8 Å². The number of rotatable bonds is 4. The highest BCUT2D eigenvalue weighted by Crippen LogP contribution is 2.23. The molecule has 2 rings (SSSR count). The zero-order chi connectivity index (χ0) is 12.1. The van der Waals surface area contributed by atoms with Crippen LogP contribution in [0.1, 0.15) is 50.6 Å². The van der Waals surface area contributed by atoms with Crippen molar-refractivity contribution in [1.82, 2.24) is 0 Å². The molecule has 1 fully saturated rings. The molecule has 0 aromatic heterocycles. The topological polar surface area (TPSA) is 29.3 Å². The first-order valence-electron chi connectivity index (χ1n) is 6.91. The molecule has 2 N–H and O–H groups in total. The Bertz CT molecular complexity index is 325. The number of anilines is 1. The van der Waals surface area contributed by atoms with Gasteiger partial charge in [0.1, 0.15) is 0 Å². The lowest BCUT2D eigenvalue weighted by molar-refractivity contribution is 0.577. The summed E-state index contributed by atoms with van der Waals surface area (Å²) in [7, 11) is 0. The molecular formula is C15H24N2. The second-order valence-electron chi connectivity index (χ2n) is 5.03. The fourth-order valence-electron chi connectivity index (χ4n) is 2.56. The van der Waals surface area contributed by atoms with Crippen LogP contribution >= 0.6 is 0 Å². The summed E-state index contributed by atoms with van der Waals surface area (Å²) in [6.45, 7) is 4.60. The standard InChI is InChI=1S/C15H24N2/c1-2-6-15(16)13-7-9-14(10-8-13)17-11-4-3-5-12-17/h7-10,15H,2-6,11-12,16H2,1H3/t15-/m0/s1. The van der Waals surface area contributed by atoms with Gasteiger partial charge in [-0.1, -0.05) is 25.5 Å². The molecule has 1 aromatic rings. The predicted octanol–water partition coefficient (Wildman–Crippen LogP) is 3.48. The Labute approximate surface area is 105 Å². The molecule has 1 atom stereocenters. The first-order chi connectivity index (χ1) is 8.31. The van der Waals surface area contributed by atoms with E-state index in [1.54, 1.807) is 0 Å². The van der Waals surface area contributed by atoms with Gasteiger partial charge in [-0.15, -0.1) is 0 Å². The van der Waals surface area contributed by atoms with E-state index < -0.39 is 0 Å². The molecule has 0 radical (unpaired) electrons. The summed E-state index contributed by atoms with van der Waals surface area (Å²) in [4.78, 5) is 2.48. The van der Waals surface area contributed by atoms with Crippen molar-refractivity contribution in [2.45, 2.75) is 45.1 Å². The summed E-state index contributed by atoms with van der Waals surface area (Å²) in [5.41, 5.74) is 8.75. The zero-order valence-corrected chi connectivity index (χ0v) is 10.9. The van der Waals surface area contributed by atoms with Crippen LogP contribution in [0.25, 0.3) is 0 Å². The van der Waals surface area contributed by atoms with Crippen LogP contribution in [0.4, 0.5) is 5.69 Å². The molecule has 17 heavy (non-hydrogen) atoms. The number of nitrogens with two attached hydrogens (primary N) is 1. The van der Waals surface area contributed by atoms with E-state index in [0.717, 1.165) is 12.8 Å². The number of benzene rings is 1. The van der Waals surface area contributed by atoms with Crippen LogP contribution in [0, 0.1) is 0 Å². The smallest absolute Gasteiger partial charge is 0.0366 e. The number of hydrogen-bond acceptors (Lipinski definition) is 2. The fourth-order valence-corrected chi connectivity index (χ4v) is 2.56. The minimum absolute atomic E-state index is 0.204. The number of piperidine rings is 1. The van der Waals surface area contributed by atoms with Crippen LogP contribution in [0.3, 0.4) is 0 Å². The van der Waals surface area contributed by atoms with E-state index in [9.17, 15) is 0 Å². The van der Waals surface area contributed by atoms with Gasteiger partial charge in [0.25, 0.3) is 0 Å².